The van der Waals surface area contributed by atoms with E-state index in [1.165, 1.54) is 10.4 Å². The predicted octanol–water partition coefficient (Wildman–Crippen LogP) is 3.11. The zero-order valence-electron chi connectivity index (χ0n) is 19.8. The topological polar surface area (TPSA) is 87.9 Å². The van der Waals surface area contributed by atoms with E-state index < -0.39 is 0 Å². The van der Waals surface area contributed by atoms with Gasteiger partial charge in [-0.05, 0) is 37.0 Å². The number of pyridine rings is 1. The zero-order chi connectivity index (χ0) is 23.7. The van der Waals surface area contributed by atoms with Gasteiger partial charge in [-0.2, -0.15) is 5.10 Å². The maximum absolute atomic E-state index is 13.2. The Morgan fingerprint density at radius 1 is 1.29 bits per heavy atom. The lowest BCUT2D eigenvalue weighted by atomic mass is 9.76. The van der Waals surface area contributed by atoms with Crippen LogP contribution in [0.4, 0.5) is 17.2 Å². The van der Waals surface area contributed by atoms with Crippen molar-refractivity contribution >= 4 is 50.2 Å². The average molecular weight is 490 g/mol. The lowest BCUT2D eigenvalue weighted by molar-refractivity contribution is -0.197. The third kappa shape index (κ3) is 3.30. The number of hydrogen-bond donors (Lipinski definition) is 1. The van der Waals surface area contributed by atoms with E-state index in [1.807, 2.05) is 35.8 Å². The summed E-state index contributed by atoms with van der Waals surface area (Å²) in [5.41, 5.74) is 4.56. The Morgan fingerprint density at radius 3 is 2.91 bits per heavy atom. The summed E-state index contributed by atoms with van der Waals surface area (Å²) < 4.78 is 7.24. The summed E-state index contributed by atoms with van der Waals surface area (Å²) in [5, 5.41) is 9.05. The number of hydrogen-bond acceptors (Lipinski definition) is 8. The van der Waals surface area contributed by atoms with E-state index in [1.54, 1.807) is 23.9 Å². The highest BCUT2D eigenvalue weighted by Crippen LogP contribution is 2.43. The number of thiophene rings is 1. The van der Waals surface area contributed by atoms with E-state index in [9.17, 15) is 4.79 Å². The molecule has 0 radical (unpaired) electrons. The van der Waals surface area contributed by atoms with Crippen LogP contribution in [0, 0.1) is 11.3 Å². The molecule has 0 saturated carbocycles. The van der Waals surface area contributed by atoms with Gasteiger partial charge < -0.3 is 19.9 Å². The molecule has 2 aliphatic heterocycles. The molecular weight excluding hydrogens is 462 g/mol. The molecule has 1 N–H and O–H groups in total. The number of carbonyl (C=O) groups is 1. The van der Waals surface area contributed by atoms with Crippen LogP contribution in [0.25, 0.3) is 15.7 Å². The number of nitrogens with zero attached hydrogens (tertiary/aromatic N) is 6. The van der Waals surface area contributed by atoms with Gasteiger partial charge in [0.05, 0.1) is 47.1 Å². The van der Waals surface area contributed by atoms with Crippen LogP contribution in [0.3, 0.4) is 0 Å². The minimum absolute atomic E-state index is 0.0582. The third-order valence-electron chi connectivity index (χ3n) is 7.62. The number of likely N-dealkylation sites (tertiary alicyclic amines) is 1. The van der Waals surface area contributed by atoms with E-state index in [4.69, 9.17) is 4.74 Å². The van der Waals surface area contributed by atoms with Crippen molar-refractivity contribution < 1.29 is 9.53 Å². The fraction of sp³-hybridized carbons (Fsp3) is 0.440. The molecule has 2 saturated heterocycles. The minimum Gasteiger partial charge on any atom is -0.380 e. The molecule has 10 heteroatoms. The largest absolute Gasteiger partial charge is 0.380 e. The van der Waals surface area contributed by atoms with Gasteiger partial charge in [-0.25, -0.2) is 14.5 Å². The Kier molecular flexibility index (Phi) is 4.59. The molecule has 6 heterocycles. The summed E-state index contributed by atoms with van der Waals surface area (Å²) in [7, 11) is 4.04. The summed E-state index contributed by atoms with van der Waals surface area (Å²) in [6.07, 6.45) is 7.98. The first-order chi connectivity index (χ1) is 17.0. The van der Waals surface area contributed by atoms with Crippen LogP contribution in [0.1, 0.15) is 16.9 Å². The Hall–Kier alpha value is -3.24. The van der Waals surface area contributed by atoms with Gasteiger partial charge in [0.2, 0.25) is 5.91 Å². The summed E-state index contributed by atoms with van der Waals surface area (Å²) in [5.74, 6) is 1.18. The smallest absolute Gasteiger partial charge is 0.226 e. The Labute approximate surface area is 206 Å². The van der Waals surface area contributed by atoms with Crippen molar-refractivity contribution in [1.82, 2.24) is 24.5 Å². The second-order valence-corrected chi connectivity index (χ2v) is 11.4. The van der Waals surface area contributed by atoms with Gasteiger partial charge in [0.1, 0.15) is 17.0 Å². The Bertz CT molecular complexity index is 1460. The van der Waals surface area contributed by atoms with Gasteiger partial charge in [0, 0.05) is 44.2 Å². The zero-order valence-corrected chi connectivity index (χ0v) is 20.6. The van der Waals surface area contributed by atoms with Crippen molar-refractivity contribution in [1.29, 1.82) is 0 Å². The lowest BCUT2D eigenvalue weighted by Crippen LogP contribution is -2.68. The van der Waals surface area contributed by atoms with Crippen LogP contribution in [0.2, 0.25) is 0 Å². The Morgan fingerprint density at radius 2 is 2.14 bits per heavy atom. The van der Waals surface area contributed by atoms with Crippen molar-refractivity contribution in [2.45, 2.75) is 19.3 Å². The van der Waals surface area contributed by atoms with Crippen LogP contribution in [-0.4, -0.2) is 70.8 Å². The summed E-state index contributed by atoms with van der Waals surface area (Å²) >= 11 is 1.71. The number of anilines is 3. The van der Waals surface area contributed by atoms with E-state index in [0.717, 1.165) is 78.5 Å². The molecule has 1 spiro atoms. The third-order valence-corrected chi connectivity index (χ3v) is 8.79. The number of nitrogens with one attached hydrogen (secondary N) is 1. The summed E-state index contributed by atoms with van der Waals surface area (Å²) in [6.45, 7) is 3.33. The number of rotatable bonds is 4. The quantitative estimate of drug-likeness (QED) is 0.471. The molecule has 1 atom stereocenters. The second kappa shape index (κ2) is 7.63. The maximum atomic E-state index is 13.2. The predicted molar refractivity (Wildman–Crippen MR) is 136 cm³/mol. The van der Waals surface area contributed by atoms with Gasteiger partial charge in [-0.15, -0.1) is 11.3 Å². The molecule has 180 valence electrons. The molecule has 0 aromatic carbocycles. The normalized spacial score (nSPS) is 20.5. The maximum Gasteiger partial charge on any atom is 0.226 e. The van der Waals surface area contributed by atoms with Crippen LogP contribution in [0.15, 0.2) is 30.9 Å². The monoisotopic (exact) mass is 489 g/mol. The molecule has 4 aromatic heterocycles. The van der Waals surface area contributed by atoms with Gasteiger partial charge in [0.25, 0.3) is 0 Å². The van der Waals surface area contributed by atoms with Crippen molar-refractivity contribution in [2.24, 2.45) is 11.3 Å². The van der Waals surface area contributed by atoms with Crippen molar-refractivity contribution in [3.63, 3.8) is 0 Å². The fourth-order valence-electron chi connectivity index (χ4n) is 5.70. The lowest BCUT2D eigenvalue weighted by Gasteiger charge is -2.55. The first-order valence-electron chi connectivity index (χ1n) is 12.0. The van der Waals surface area contributed by atoms with E-state index in [2.05, 4.69) is 31.3 Å². The number of fused-ring (bicyclic) bond motifs is 4. The van der Waals surface area contributed by atoms with Gasteiger partial charge in [0.15, 0.2) is 0 Å². The molecule has 2 fully saturated rings. The molecule has 35 heavy (non-hydrogen) atoms. The van der Waals surface area contributed by atoms with Crippen LogP contribution in [0.5, 0.6) is 0 Å². The molecule has 7 rings (SSSR count). The molecule has 0 bridgehead atoms. The first-order valence-corrected chi connectivity index (χ1v) is 12.8. The van der Waals surface area contributed by atoms with Gasteiger partial charge in [-0.1, -0.05) is 0 Å². The Balaban J connectivity index is 1.19. The molecule has 4 aromatic rings. The standard InChI is InChI=1S/C25H27N7O2S/c1-30(2)19-9-32-16(5-6-28-32)8-18(19)29-22-21-17-4-3-15(7-20(17)35-23(21)27-14-26-22)24(33)31-10-25(11-31)12-34-13-25/h5-6,8-9,14-15H,3-4,7,10-13H2,1-2H3,(H,26,27,29)/t15-/m0/s1. The first kappa shape index (κ1) is 21.1. The minimum atomic E-state index is 0.0582. The van der Waals surface area contributed by atoms with E-state index in [-0.39, 0.29) is 11.3 Å². The highest BCUT2D eigenvalue weighted by atomic mass is 32.1. The molecule has 9 nitrogen and oxygen atoms in total. The fourth-order valence-corrected chi connectivity index (χ4v) is 6.97. The van der Waals surface area contributed by atoms with Gasteiger partial charge >= 0.3 is 0 Å². The van der Waals surface area contributed by atoms with Crippen LogP contribution in [-0.2, 0) is 22.4 Å². The van der Waals surface area contributed by atoms with Gasteiger partial charge in [-0.3, -0.25) is 4.79 Å². The number of amides is 1. The average Bonchev–Trinajstić information content (AvgIpc) is 3.40. The number of aryl methyl sites for hydroxylation is 1. The molecule has 1 aliphatic carbocycles. The van der Waals surface area contributed by atoms with Crippen LogP contribution < -0.4 is 10.2 Å². The van der Waals surface area contributed by atoms with Crippen molar-refractivity contribution in [3.05, 3.63) is 41.3 Å². The van der Waals surface area contributed by atoms with E-state index in [0.29, 0.717) is 5.91 Å². The molecular formula is C25H27N7O2S. The SMILES string of the molecule is CN(C)c1cn2nccc2cc1Nc1ncnc2sc3c(c12)CC[C@H](C(=O)N1CC2(COC2)C1)C3. The van der Waals surface area contributed by atoms with Crippen molar-refractivity contribution in [2.75, 3.05) is 50.6 Å². The molecule has 1 amide bonds. The van der Waals surface area contributed by atoms with Crippen molar-refractivity contribution in [3.8, 4) is 0 Å². The highest BCUT2D eigenvalue weighted by Gasteiger charge is 2.51. The second-order valence-electron chi connectivity index (χ2n) is 10.3. The van der Waals surface area contributed by atoms with Crippen LogP contribution >= 0.6 is 11.3 Å². The highest BCUT2D eigenvalue weighted by molar-refractivity contribution is 7.19. The molecule has 3 aliphatic rings. The summed E-state index contributed by atoms with van der Waals surface area (Å²) in [6, 6.07) is 4.08. The number of carbonyl (C=O) groups excluding carboxylic acids is 1. The number of aromatic nitrogens is 4. The number of ether oxygens (including phenoxy) is 1. The molecule has 0 unspecified atom stereocenters. The van der Waals surface area contributed by atoms with E-state index >= 15 is 0 Å². The summed E-state index contributed by atoms with van der Waals surface area (Å²) in [4.78, 5) is 28.8.